The molecule has 2 N–H and O–H groups in total. The maximum atomic E-state index is 13.7. The van der Waals surface area contributed by atoms with Gasteiger partial charge < -0.3 is 10.6 Å². The van der Waals surface area contributed by atoms with Gasteiger partial charge in [0.05, 0.1) is 4.47 Å². The first-order valence-electron chi connectivity index (χ1n) is 6.13. The summed E-state index contributed by atoms with van der Waals surface area (Å²) in [6, 6.07) is 9.36. The summed E-state index contributed by atoms with van der Waals surface area (Å²) in [7, 11) is 0. The second kappa shape index (κ2) is 4.53. The minimum atomic E-state index is -0.232. The number of nitrogen functional groups attached to an aromatic ring is 1. The van der Waals surface area contributed by atoms with Crippen LogP contribution in [0.2, 0.25) is 0 Å². The van der Waals surface area contributed by atoms with Crippen molar-refractivity contribution in [3.05, 3.63) is 57.3 Å². The van der Waals surface area contributed by atoms with E-state index in [1.54, 1.807) is 6.07 Å². The number of anilines is 2. The summed E-state index contributed by atoms with van der Waals surface area (Å²) in [5, 5.41) is 0. The molecule has 0 aromatic heterocycles. The van der Waals surface area contributed by atoms with E-state index < -0.39 is 0 Å². The minimum absolute atomic E-state index is 0.232. The van der Waals surface area contributed by atoms with Gasteiger partial charge in [-0.15, -0.1) is 0 Å². The Labute approximate surface area is 120 Å². The molecular weight excluding hydrogens is 307 g/mol. The first kappa shape index (κ1) is 12.5. The summed E-state index contributed by atoms with van der Waals surface area (Å²) < 4.78 is 14.2. The van der Waals surface area contributed by atoms with E-state index >= 15 is 0 Å². The molecule has 19 heavy (non-hydrogen) atoms. The zero-order valence-electron chi connectivity index (χ0n) is 10.6. The molecule has 0 radical (unpaired) electrons. The van der Waals surface area contributed by atoms with Gasteiger partial charge in [0, 0.05) is 24.5 Å². The van der Waals surface area contributed by atoms with Gasteiger partial charge in [0.25, 0.3) is 0 Å². The standard InChI is InChI=1S/C15H14BrFN2/c1-9-5-12(16)13(17)6-15(9)19-7-10-3-2-4-14(18)11(10)8-19/h2-6H,7-8,18H2,1H3. The van der Waals surface area contributed by atoms with Crippen molar-refractivity contribution in [2.45, 2.75) is 20.0 Å². The maximum Gasteiger partial charge on any atom is 0.139 e. The zero-order valence-corrected chi connectivity index (χ0v) is 12.2. The first-order valence-corrected chi connectivity index (χ1v) is 6.92. The van der Waals surface area contributed by atoms with Crippen molar-refractivity contribution in [1.82, 2.24) is 0 Å². The third-order valence-electron chi connectivity index (χ3n) is 3.60. The Hall–Kier alpha value is -1.55. The molecule has 0 spiro atoms. The summed E-state index contributed by atoms with van der Waals surface area (Å²) >= 11 is 3.22. The van der Waals surface area contributed by atoms with Crippen LogP contribution >= 0.6 is 15.9 Å². The predicted octanol–water partition coefficient (Wildman–Crippen LogP) is 4.00. The van der Waals surface area contributed by atoms with E-state index in [1.165, 1.54) is 5.56 Å². The van der Waals surface area contributed by atoms with E-state index in [2.05, 4.69) is 26.9 Å². The second-order valence-corrected chi connectivity index (χ2v) is 5.75. The zero-order chi connectivity index (χ0) is 13.6. The van der Waals surface area contributed by atoms with Crippen LogP contribution in [0, 0.1) is 12.7 Å². The fraction of sp³-hybridized carbons (Fsp3) is 0.200. The van der Waals surface area contributed by atoms with E-state index in [9.17, 15) is 4.39 Å². The van der Waals surface area contributed by atoms with Crippen molar-refractivity contribution in [2.75, 3.05) is 10.6 Å². The largest absolute Gasteiger partial charge is 0.398 e. The van der Waals surface area contributed by atoms with Gasteiger partial charge in [-0.1, -0.05) is 12.1 Å². The molecule has 98 valence electrons. The van der Waals surface area contributed by atoms with E-state index in [0.29, 0.717) is 4.47 Å². The molecule has 2 aromatic carbocycles. The van der Waals surface area contributed by atoms with Crippen molar-refractivity contribution < 1.29 is 4.39 Å². The van der Waals surface area contributed by atoms with Gasteiger partial charge in [-0.2, -0.15) is 0 Å². The molecule has 0 atom stereocenters. The molecule has 0 saturated heterocycles. The topological polar surface area (TPSA) is 29.3 Å². The Morgan fingerprint density at radius 3 is 2.79 bits per heavy atom. The van der Waals surface area contributed by atoms with E-state index in [4.69, 9.17) is 5.73 Å². The van der Waals surface area contributed by atoms with Gasteiger partial charge in [-0.05, 0) is 57.7 Å². The number of halogens is 2. The molecule has 1 heterocycles. The van der Waals surface area contributed by atoms with Gasteiger partial charge in [-0.25, -0.2) is 4.39 Å². The van der Waals surface area contributed by atoms with Crippen LogP contribution in [0.3, 0.4) is 0 Å². The molecule has 0 amide bonds. The summed E-state index contributed by atoms with van der Waals surface area (Å²) in [6.07, 6.45) is 0. The van der Waals surface area contributed by atoms with Crippen LogP contribution in [-0.2, 0) is 13.1 Å². The van der Waals surface area contributed by atoms with Gasteiger partial charge in [0.1, 0.15) is 5.82 Å². The van der Waals surface area contributed by atoms with Crippen molar-refractivity contribution in [1.29, 1.82) is 0 Å². The highest BCUT2D eigenvalue weighted by Gasteiger charge is 2.22. The number of benzene rings is 2. The quantitative estimate of drug-likeness (QED) is 0.805. The van der Waals surface area contributed by atoms with E-state index in [0.717, 1.165) is 35.6 Å². The van der Waals surface area contributed by atoms with Crippen LogP contribution in [0.4, 0.5) is 15.8 Å². The van der Waals surface area contributed by atoms with Crippen molar-refractivity contribution in [3.63, 3.8) is 0 Å². The number of nitrogens with zero attached hydrogens (tertiary/aromatic N) is 1. The monoisotopic (exact) mass is 320 g/mol. The van der Waals surface area contributed by atoms with Crippen molar-refractivity contribution in [3.8, 4) is 0 Å². The normalized spacial score (nSPS) is 13.7. The molecule has 4 heteroatoms. The number of hydrogen-bond acceptors (Lipinski definition) is 2. The molecule has 0 unspecified atom stereocenters. The van der Waals surface area contributed by atoms with Gasteiger partial charge in [0.2, 0.25) is 0 Å². The lowest BCUT2D eigenvalue weighted by atomic mass is 10.1. The summed E-state index contributed by atoms with van der Waals surface area (Å²) in [5.41, 5.74) is 11.2. The summed E-state index contributed by atoms with van der Waals surface area (Å²) in [6.45, 7) is 3.51. The fourth-order valence-corrected chi connectivity index (χ4v) is 3.05. The average molecular weight is 321 g/mol. The molecule has 0 saturated carbocycles. The maximum absolute atomic E-state index is 13.7. The number of aryl methyl sites for hydroxylation is 1. The molecule has 1 aliphatic rings. The molecule has 0 aliphatic carbocycles. The number of rotatable bonds is 1. The molecule has 2 nitrogen and oxygen atoms in total. The molecule has 0 fully saturated rings. The van der Waals surface area contributed by atoms with Gasteiger partial charge in [-0.3, -0.25) is 0 Å². The highest BCUT2D eigenvalue weighted by atomic mass is 79.9. The molecule has 1 aliphatic heterocycles. The van der Waals surface area contributed by atoms with Gasteiger partial charge in [0.15, 0.2) is 0 Å². The highest BCUT2D eigenvalue weighted by molar-refractivity contribution is 9.10. The van der Waals surface area contributed by atoms with Crippen LogP contribution in [0.1, 0.15) is 16.7 Å². The number of hydrogen-bond donors (Lipinski definition) is 1. The Morgan fingerprint density at radius 1 is 1.26 bits per heavy atom. The third-order valence-corrected chi connectivity index (χ3v) is 4.21. The van der Waals surface area contributed by atoms with Crippen molar-refractivity contribution >= 4 is 27.3 Å². The van der Waals surface area contributed by atoms with Crippen LogP contribution < -0.4 is 10.6 Å². The second-order valence-electron chi connectivity index (χ2n) is 4.89. The van der Waals surface area contributed by atoms with Crippen LogP contribution in [0.25, 0.3) is 0 Å². The average Bonchev–Trinajstić information content (AvgIpc) is 2.79. The van der Waals surface area contributed by atoms with Crippen molar-refractivity contribution in [2.24, 2.45) is 0 Å². The SMILES string of the molecule is Cc1cc(Br)c(F)cc1N1Cc2cccc(N)c2C1. The lowest BCUT2D eigenvalue weighted by Crippen LogP contribution is -2.16. The lowest BCUT2D eigenvalue weighted by molar-refractivity contribution is 0.619. The Morgan fingerprint density at radius 2 is 2.05 bits per heavy atom. The smallest absolute Gasteiger partial charge is 0.139 e. The fourth-order valence-electron chi connectivity index (χ4n) is 2.59. The van der Waals surface area contributed by atoms with Crippen LogP contribution in [0.5, 0.6) is 0 Å². The number of fused-ring (bicyclic) bond motifs is 1. The molecular formula is C15H14BrFN2. The third kappa shape index (κ3) is 2.10. The van der Waals surface area contributed by atoms with Crippen LogP contribution in [0.15, 0.2) is 34.8 Å². The summed E-state index contributed by atoms with van der Waals surface area (Å²) in [4.78, 5) is 2.16. The Kier molecular flexibility index (Phi) is 2.97. The first-order chi connectivity index (χ1) is 9.06. The minimum Gasteiger partial charge on any atom is -0.398 e. The van der Waals surface area contributed by atoms with Crippen LogP contribution in [-0.4, -0.2) is 0 Å². The molecule has 0 bridgehead atoms. The Balaban J connectivity index is 1.99. The predicted molar refractivity (Wildman–Crippen MR) is 79.6 cm³/mol. The summed E-state index contributed by atoms with van der Waals surface area (Å²) in [5.74, 6) is -0.232. The highest BCUT2D eigenvalue weighted by Crippen LogP contribution is 2.34. The molecule has 3 rings (SSSR count). The van der Waals surface area contributed by atoms with E-state index in [-0.39, 0.29) is 5.82 Å². The van der Waals surface area contributed by atoms with E-state index in [1.807, 2.05) is 25.1 Å². The lowest BCUT2D eigenvalue weighted by Gasteiger charge is -2.20. The van der Waals surface area contributed by atoms with Gasteiger partial charge >= 0.3 is 0 Å². The number of nitrogens with two attached hydrogens (primary N) is 1. The molecule has 2 aromatic rings. The Bertz CT molecular complexity index is 655.